The van der Waals surface area contributed by atoms with Crippen LogP contribution >= 0.6 is 0 Å². The van der Waals surface area contributed by atoms with Crippen molar-refractivity contribution >= 4 is 0 Å². The van der Waals surface area contributed by atoms with E-state index >= 15 is 0 Å². The molecule has 0 aliphatic carbocycles. The number of rotatable bonds is 6. The van der Waals surface area contributed by atoms with Gasteiger partial charge in [-0.3, -0.25) is 0 Å². The lowest BCUT2D eigenvalue weighted by Crippen LogP contribution is -2.07. The molecule has 0 saturated carbocycles. The summed E-state index contributed by atoms with van der Waals surface area (Å²) in [4.78, 5) is 0. The van der Waals surface area contributed by atoms with Crippen LogP contribution in [-0.2, 0) is 9.47 Å². The Bertz CT molecular complexity index is 106. The molecule has 0 aromatic heterocycles. The van der Waals surface area contributed by atoms with Crippen molar-refractivity contribution in [3.8, 4) is 0 Å². The standard InChI is InChI=1S/C8H16O3/c1-2-3-4-10-6-8-7(5-9)11-8/h7-9H,2-6H2,1H3/t7-,8+/m1/s1. The number of ether oxygens (including phenoxy) is 2. The van der Waals surface area contributed by atoms with Gasteiger partial charge in [-0.25, -0.2) is 0 Å². The molecule has 0 bridgehead atoms. The number of epoxide rings is 1. The van der Waals surface area contributed by atoms with Crippen molar-refractivity contribution in [2.75, 3.05) is 19.8 Å². The molecule has 3 nitrogen and oxygen atoms in total. The first-order chi connectivity index (χ1) is 5.38. The van der Waals surface area contributed by atoms with Gasteiger partial charge in [-0.05, 0) is 6.42 Å². The Morgan fingerprint density at radius 3 is 2.82 bits per heavy atom. The van der Waals surface area contributed by atoms with E-state index in [0.717, 1.165) is 19.4 Å². The molecule has 1 heterocycles. The first-order valence-corrected chi connectivity index (χ1v) is 4.22. The van der Waals surface area contributed by atoms with Crippen LogP contribution in [0.15, 0.2) is 0 Å². The summed E-state index contributed by atoms with van der Waals surface area (Å²) in [5, 5.41) is 8.60. The summed E-state index contributed by atoms with van der Waals surface area (Å²) in [5.41, 5.74) is 0. The highest BCUT2D eigenvalue weighted by atomic mass is 16.6. The number of aliphatic hydroxyl groups is 1. The minimum atomic E-state index is 0.0524. The van der Waals surface area contributed by atoms with Crippen molar-refractivity contribution in [1.29, 1.82) is 0 Å². The Morgan fingerprint density at radius 1 is 1.45 bits per heavy atom. The molecule has 0 amide bonds. The highest BCUT2D eigenvalue weighted by molar-refractivity contribution is 4.83. The summed E-state index contributed by atoms with van der Waals surface area (Å²) in [7, 11) is 0. The first-order valence-electron chi connectivity index (χ1n) is 4.22. The van der Waals surface area contributed by atoms with Crippen LogP contribution in [0.4, 0.5) is 0 Å². The van der Waals surface area contributed by atoms with E-state index in [-0.39, 0.29) is 18.8 Å². The molecule has 2 atom stereocenters. The van der Waals surface area contributed by atoms with Crippen LogP contribution in [0.25, 0.3) is 0 Å². The summed E-state index contributed by atoms with van der Waals surface area (Å²) in [6, 6.07) is 0. The fourth-order valence-corrected chi connectivity index (χ4v) is 0.932. The van der Waals surface area contributed by atoms with Crippen LogP contribution in [0, 0.1) is 0 Å². The van der Waals surface area contributed by atoms with Crippen molar-refractivity contribution < 1.29 is 14.6 Å². The predicted molar refractivity (Wildman–Crippen MR) is 41.5 cm³/mol. The first kappa shape index (κ1) is 8.97. The van der Waals surface area contributed by atoms with E-state index in [1.54, 1.807) is 0 Å². The number of hydrogen-bond acceptors (Lipinski definition) is 3. The summed E-state index contributed by atoms with van der Waals surface area (Å²) in [6.45, 7) is 3.72. The lowest BCUT2D eigenvalue weighted by atomic mass is 10.3. The Morgan fingerprint density at radius 2 is 2.27 bits per heavy atom. The molecule has 1 saturated heterocycles. The third kappa shape index (κ3) is 3.18. The molecular formula is C8H16O3. The highest BCUT2D eigenvalue weighted by Crippen LogP contribution is 2.21. The van der Waals surface area contributed by atoms with E-state index in [1.165, 1.54) is 0 Å². The second-order valence-corrected chi connectivity index (χ2v) is 2.82. The third-order valence-electron chi connectivity index (χ3n) is 1.79. The van der Waals surface area contributed by atoms with Crippen LogP contribution in [0.2, 0.25) is 0 Å². The average molecular weight is 160 g/mol. The second-order valence-electron chi connectivity index (χ2n) is 2.82. The lowest BCUT2D eigenvalue weighted by molar-refractivity contribution is 0.114. The SMILES string of the molecule is CCCCOC[C@@H]1O[C@@H]1CO. The zero-order chi connectivity index (χ0) is 8.10. The Labute approximate surface area is 67.3 Å². The van der Waals surface area contributed by atoms with E-state index in [4.69, 9.17) is 14.6 Å². The maximum Gasteiger partial charge on any atom is 0.110 e. The van der Waals surface area contributed by atoms with Crippen molar-refractivity contribution in [3.05, 3.63) is 0 Å². The molecule has 0 radical (unpaired) electrons. The molecule has 0 spiro atoms. The molecule has 11 heavy (non-hydrogen) atoms. The topological polar surface area (TPSA) is 42.0 Å². The second kappa shape index (κ2) is 4.70. The Hall–Kier alpha value is -0.120. The summed E-state index contributed by atoms with van der Waals surface area (Å²) >= 11 is 0. The molecule has 1 N–H and O–H groups in total. The number of aliphatic hydroxyl groups excluding tert-OH is 1. The fourth-order valence-electron chi connectivity index (χ4n) is 0.932. The zero-order valence-corrected chi connectivity index (χ0v) is 6.95. The van der Waals surface area contributed by atoms with Crippen LogP contribution < -0.4 is 0 Å². The summed E-state index contributed by atoms with van der Waals surface area (Å²) in [6.07, 6.45) is 2.49. The van der Waals surface area contributed by atoms with Gasteiger partial charge >= 0.3 is 0 Å². The van der Waals surface area contributed by atoms with Crippen molar-refractivity contribution in [3.63, 3.8) is 0 Å². The van der Waals surface area contributed by atoms with Crippen LogP contribution in [0.3, 0.4) is 0 Å². The lowest BCUT2D eigenvalue weighted by Gasteiger charge is -1.98. The van der Waals surface area contributed by atoms with Crippen LogP contribution in [0.5, 0.6) is 0 Å². The summed E-state index contributed by atoms with van der Waals surface area (Å²) < 4.78 is 10.4. The van der Waals surface area contributed by atoms with Gasteiger partial charge in [0.05, 0.1) is 13.2 Å². The zero-order valence-electron chi connectivity index (χ0n) is 6.95. The van der Waals surface area contributed by atoms with Gasteiger partial charge in [0.2, 0.25) is 0 Å². The van der Waals surface area contributed by atoms with Crippen LogP contribution in [0.1, 0.15) is 19.8 Å². The molecule has 1 aliphatic rings. The van der Waals surface area contributed by atoms with Crippen molar-refractivity contribution in [2.24, 2.45) is 0 Å². The van der Waals surface area contributed by atoms with E-state index < -0.39 is 0 Å². The number of hydrogen-bond donors (Lipinski definition) is 1. The van der Waals surface area contributed by atoms with Gasteiger partial charge in [0.15, 0.2) is 0 Å². The van der Waals surface area contributed by atoms with Crippen LogP contribution in [-0.4, -0.2) is 37.1 Å². The molecule has 1 fully saturated rings. The maximum atomic E-state index is 8.60. The minimum Gasteiger partial charge on any atom is -0.394 e. The normalized spacial score (nSPS) is 28.9. The molecule has 0 aromatic rings. The van der Waals surface area contributed by atoms with Gasteiger partial charge in [-0.2, -0.15) is 0 Å². The molecule has 66 valence electrons. The van der Waals surface area contributed by atoms with E-state index in [0.29, 0.717) is 6.61 Å². The quantitative estimate of drug-likeness (QED) is 0.456. The number of unbranched alkanes of at least 4 members (excludes halogenated alkanes) is 1. The average Bonchev–Trinajstić information content (AvgIpc) is 2.77. The molecule has 0 unspecified atom stereocenters. The predicted octanol–water partition coefficient (Wildman–Crippen LogP) is 0.563. The molecule has 3 heteroatoms. The fraction of sp³-hybridized carbons (Fsp3) is 1.00. The molecule has 0 aromatic carbocycles. The van der Waals surface area contributed by atoms with Gasteiger partial charge in [0.1, 0.15) is 12.2 Å². The van der Waals surface area contributed by atoms with E-state index in [9.17, 15) is 0 Å². The molecule has 1 rings (SSSR count). The Kier molecular flexibility index (Phi) is 3.83. The van der Waals surface area contributed by atoms with E-state index in [1.807, 2.05) is 0 Å². The highest BCUT2D eigenvalue weighted by Gasteiger charge is 2.37. The van der Waals surface area contributed by atoms with Crippen molar-refractivity contribution in [1.82, 2.24) is 0 Å². The van der Waals surface area contributed by atoms with Gasteiger partial charge in [-0.15, -0.1) is 0 Å². The Balaban J connectivity index is 1.82. The van der Waals surface area contributed by atoms with Crippen molar-refractivity contribution in [2.45, 2.75) is 32.0 Å². The maximum absolute atomic E-state index is 8.60. The van der Waals surface area contributed by atoms with Gasteiger partial charge in [0.25, 0.3) is 0 Å². The van der Waals surface area contributed by atoms with Gasteiger partial charge in [-0.1, -0.05) is 13.3 Å². The third-order valence-corrected chi connectivity index (χ3v) is 1.79. The minimum absolute atomic E-state index is 0.0524. The smallest absolute Gasteiger partial charge is 0.110 e. The molecular weight excluding hydrogens is 144 g/mol. The monoisotopic (exact) mass is 160 g/mol. The molecule has 1 aliphatic heterocycles. The summed E-state index contributed by atoms with van der Waals surface area (Å²) in [5.74, 6) is 0. The van der Waals surface area contributed by atoms with E-state index in [2.05, 4.69) is 6.92 Å². The van der Waals surface area contributed by atoms with Gasteiger partial charge < -0.3 is 14.6 Å². The van der Waals surface area contributed by atoms with Gasteiger partial charge in [0, 0.05) is 6.61 Å². The largest absolute Gasteiger partial charge is 0.394 e.